The zero-order chi connectivity index (χ0) is 25.7. The third kappa shape index (κ3) is 5.47. The van der Waals surface area contributed by atoms with E-state index < -0.39 is 17.7 Å². The standard InChI is InChI=1S/C27H24FN3O5/c1-16-5-3-4-6-20(16)21-9-8-18(13-19(21)15-35-2)27-30-25(31-36-27)17-7-10-22(23(28)14-17)26(34)29-12-11-24(32)33/h3-10,13-14H,11-12,15H2,1-2H3,(H,29,34)(H,32,33). The van der Waals surface area contributed by atoms with Gasteiger partial charge in [-0.3, -0.25) is 9.59 Å². The highest BCUT2D eigenvalue weighted by Crippen LogP contribution is 2.32. The van der Waals surface area contributed by atoms with Crippen LogP contribution in [0.5, 0.6) is 0 Å². The molecule has 0 saturated heterocycles. The number of methoxy groups -OCH3 is 1. The topological polar surface area (TPSA) is 115 Å². The summed E-state index contributed by atoms with van der Waals surface area (Å²) in [4.78, 5) is 27.1. The second kappa shape index (κ2) is 10.9. The average Bonchev–Trinajstić information content (AvgIpc) is 3.35. The number of carbonyl (C=O) groups is 2. The molecule has 3 aromatic carbocycles. The summed E-state index contributed by atoms with van der Waals surface area (Å²) >= 11 is 0. The number of carboxylic acids is 1. The van der Waals surface area contributed by atoms with Crippen molar-refractivity contribution >= 4 is 11.9 Å². The zero-order valence-corrected chi connectivity index (χ0v) is 19.7. The first-order valence-corrected chi connectivity index (χ1v) is 11.2. The molecule has 36 heavy (non-hydrogen) atoms. The lowest BCUT2D eigenvalue weighted by Crippen LogP contribution is -2.26. The number of carbonyl (C=O) groups excluding carboxylic acids is 1. The van der Waals surface area contributed by atoms with Crippen LogP contribution >= 0.6 is 0 Å². The van der Waals surface area contributed by atoms with Gasteiger partial charge in [0.15, 0.2) is 0 Å². The van der Waals surface area contributed by atoms with E-state index in [1.807, 2.05) is 43.3 Å². The SMILES string of the molecule is COCc1cc(-c2nc(-c3ccc(C(=O)NCCC(=O)O)c(F)c3)no2)ccc1-c1ccccc1C. The number of rotatable bonds is 9. The third-order valence-corrected chi connectivity index (χ3v) is 5.61. The summed E-state index contributed by atoms with van der Waals surface area (Å²) in [5.74, 6) is -2.11. The van der Waals surface area contributed by atoms with Crippen LogP contribution in [0.2, 0.25) is 0 Å². The van der Waals surface area contributed by atoms with Gasteiger partial charge in [0.2, 0.25) is 5.82 Å². The number of nitrogens with one attached hydrogen (secondary N) is 1. The van der Waals surface area contributed by atoms with Crippen LogP contribution in [0.25, 0.3) is 34.0 Å². The Morgan fingerprint density at radius 3 is 2.56 bits per heavy atom. The van der Waals surface area contributed by atoms with Crippen molar-refractivity contribution in [3.05, 3.63) is 83.2 Å². The minimum atomic E-state index is -1.06. The van der Waals surface area contributed by atoms with Crippen LogP contribution in [0.3, 0.4) is 0 Å². The molecular formula is C27H24FN3O5. The van der Waals surface area contributed by atoms with Crippen molar-refractivity contribution in [1.29, 1.82) is 0 Å². The molecular weight excluding hydrogens is 465 g/mol. The maximum absolute atomic E-state index is 14.6. The van der Waals surface area contributed by atoms with Crippen LogP contribution in [0.4, 0.5) is 4.39 Å². The number of carboxylic acid groups (broad SMARTS) is 1. The Morgan fingerprint density at radius 1 is 1.06 bits per heavy atom. The summed E-state index contributed by atoms with van der Waals surface area (Å²) in [6.45, 7) is 2.34. The third-order valence-electron chi connectivity index (χ3n) is 5.61. The highest BCUT2D eigenvalue weighted by atomic mass is 19.1. The molecule has 0 saturated carbocycles. The van der Waals surface area contributed by atoms with E-state index in [2.05, 4.69) is 21.5 Å². The molecule has 0 aliphatic rings. The van der Waals surface area contributed by atoms with E-state index in [0.717, 1.165) is 28.3 Å². The summed E-state index contributed by atoms with van der Waals surface area (Å²) < 4.78 is 25.4. The van der Waals surface area contributed by atoms with Crippen molar-refractivity contribution in [3.8, 4) is 34.0 Å². The number of aliphatic carboxylic acids is 1. The number of hydrogen-bond donors (Lipinski definition) is 2. The van der Waals surface area contributed by atoms with E-state index in [1.54, 1.807) is 7.11 Å². The van der Waals surface area contributed by atoms with Gasteiger partial charge in [-0.1, -0.05) is 41.6 Å². The lowest BCUT2D eigenvalue weighted by atomic mass is 9.94. The Morgan fingerprint density at radius 2 is 1.83 bits per heavy atom. The molecule has 0 fully saturated rings. The Bertz CT molecular complexity index is 1420. The number of aryl methyl sites for hydroxylation is 1. The number of benzene rings is 3. The quantitative estimate of drug-likeness (QED) is 0.345. The average molecular weight is 490 g/mol. The van der Waals surface area contributed by atoms with Gasteiger partial charge in [-0.2, -0.15) is 4.98 Å². The van der Waals surface area contributed by atoms with Gasteiger partial charge in [0, 0.05) is 24.8 Å². The summed E-state index contributed by atoms with van der Waals surface area (Å²) in [6, 6.07) is 17.8. The molecule has 0 spiro atoms. The summed E-state index contributed by atoms with van der Waals surface area (Å²) in [5, 5.41) is 15.0. The highest BCUT2D eigenvalue weighted by molar-refractivity contribution is 5.95. The van der Waals surface area contributed by atoms with Gasteiger partial charge in [-0.25, -0.2) is 4.39 Å². The predicted molar refractivity (Wildman–Crippen MR) is 131 cm³/mol. The number of hydrogen-bond acceptors (Lipinski definition) is 6. The Labute approximate surface area is 206 Å². The zero-order valence-electron chi connectivity index (χ0n) is 19.7. The predicted octanol–water partition coefficient (Wildman–Crippen LogP) is 4.87. The van der Waals surface area contributed by atoms with Gasteiger partial charge >= 0.3 is 5.97 Å². The van der Waals surface area contributed by atoms with Crippen molar-refractivity contribution in [3.63, 3.8) is 0 Å². The molecule has 0 aliphatic heterocycles. The maximum atomic E-state index is 14.6. The van der Waals surface area contributed by atoms with E-state index in [0.29, 0.717) is 17.7 Å². The molecule has 0 bridgehead atoms. The molecule has 4 rings (SSSR count). The molecule has 1 heterocycles. The maximum Gasteiger partial charge on any atom is 0.305 e. The largest absolute Gasteiger partial charge is 0.481 e. The number of nitrogens with zero attached hydrogens (tertiary/aromatic N) is 2. The first kappa shape index (κ1) is 24.7. The van der Waals surface area contributed by atoms with Crippen LogP contribution in [0, 0.1) is 12.7 Å². The van der Waals surface area contributed by atoms with E-state index in [4.69, 9.17) is 14.4 Å². The fourth-order valence-electron chi connectivity index (χ4n) is 3.81. The summed E-state index contributed by atoms with van der Waals surface area (Å²) in [7, 11) is 1.63. The van der Waals surface area contributed by atoms with Crippen molar-refractivity contribution in [2.45, 2.75) is 20.0 Å². The van der Waals surface area contributed by atoms with Crippen LogP contribution in [0.15, 0.2) is 65.2 Å². The van der Waals surface area contributed by atoms with E-state index in [9.17, 15) is 14.0 Å². The highest BCUT2D eigenvalue weighted by Gasteiger charge is 2.17. The van der Waals surface area contributed by atoms with Gasteiger partial charge in [0.05, 0.1) is 18.6 Å². The molecule has 1 aromatic heterocycles. The normalized spacial score (nSPS) is 10.9. The van der Waals surface area contributed by atoms with Gasteiger partial charge in [0.25, 0.3) is 11.8 Å². The number of ether oxygens (including phenoxy) is 1. The van der Waals surface area contributed by atoms with Gasteiger partial charge < -0.3 is 19.7 Å². The lowest BCUT2D eigenvalue weighted by Gasteiger charge is -2.12. The van der Waals surface area contributed by atoms with Gasteiger partial charge in [0.1, 0.15) is 5.82 Å². The Balaban J connectivity index is 1.58. The molecule has 184 valence electrons. The Kier molecular flexibility index (Phi) is 7.50. The van der Waals surface area contributed by atoms with Crippen LogP contribution < -0.4 is 5.32 Å². The number of amides is 1. The second-order valence-corrected chi connectivity index (χ2v) is 8.14. The first-order valence-electron chi connectivity index (χ1n) is 11.2. The molecule has 0 radical (unpaired) electrons. The second-order valence-electron chi connectivity index (χ2n) is 8.14. The minimum Gasteiger partial charge on any atom is -0.481 e. The molecule has 9 heteroatoms. The fraction of sp³-hybridized carbons (Fsp3) is 0.185. The van der Waals surface area contributed by atoms with Crippen molar-refractivity contribution in [2.24, 2.45) is 0 Å². The van der Waals surface area contributed by atoms with E-state index >= 15 is 0 Å². The molecule has 0 unspecified atom stereocenters. The lowest BCUT2D eigenvalue weighted by molar-refractivity contribution is -0.136. The Hall–Kier alpha value is -4.37. The van der Waals surface area contributed by atoms with Crippen LogP contribution in [0.1, 0.15) is 27.9 Å². The van der Waals surface area contributed by atoms with E-state index in [1.165, 1.54) is 12.1 Å². The molecule has 1 amide bonds. The smallest absolute Gasteiger partial charge is 0.305 e. The molecule has 0 aliphatic carbocycles. The fourth-order valence-corrected chi connectivity index (χ4v) is 3.81. The van der Waals surface area contributed by atoms with Crippen molar-refractivity contribution < 1.29 is 28.3 Å². The molecule has 4 aromatic rings. The first-order chi connectivity index (χ1) is 17.4. The van der Waals surface area contributed by atoms with Crippen molar-refractivity contribution in [1.82, 2.24) is 15.5 Å². The number of aromatic nitrogens is 2. The minimum absolute atomic E-state index is 0.1000. The van der Waals surface area contributed by atoms with Crippen LogP contribution in [-0.2, 0) is 16.1 Å². The summed E-state index contributed by atoms with van der Waals surface area (Å²) in [5.41, 5.74) is 5.05. The van der Waals surface area contributed by atoms with Gasteiger partial charge in [-0.05, 0) is 53.4 Å². The molecule has 2 N–H and O–H groups in total. The monoisotopic (exact) mass is 489 g/mol. The van der Waals surface area contributed by atoms with Crippen LogP contribution in [-0.4, -0.2) is 40.8 Å². The number of halogens is 1. The molecule has 0 atom stereocenters. The van der Waals surface area contributed by atoms with Gasteiger partial charge in [-0.15, -0.1) is 0 Å². The molecule has 8 nitrogen and oxygen atoms in total. The van der Waals surface area contributed by atoms with Crippen molar-refractivity contribution in [2.75, 3.05) is 13.7 Å². The van der Waals surface area contributed by atoms with E-state index in [-0.39, 0.29) is 30.2 Å². The summed E-state index contributed by atoms with van der Waals surface area (Å²) in [6.07, 6.45) is -0.255.